The number of hydrogen-bond acceptors (Lipinski definition) is 3. The van der Waals surface area contributed by atoms with Gasteiger partial charge >= 0.3 is 5.97 Å². The van der Waals surface area contributed by atoms with Crippen LogP contribution in [-0.2, 0) is 16.0 Å². The monoisotopic (exact) mass is 520 g/mol. The average Bonchev–Trinajstić information content (AvgIpc) is 3.22. The maximum Gasteiger partial charge on any atom is 0.311 e. The Balaban J connectivity index is 1.10. The number of carbonyl (C=O) groups is 2. The molecule has 0 bridgehead atoms. The summed E-state index contributed by atoms with van der Waals surface area (Å²) in [4.78, 5) is 25.0. The minimum Gasteiger partial charge on any atom is -0.427 e. The largest absolute Gasteiger partial charge is 0.427 e. The van der Waals surface area contributed by atoms with Crippen molar-refractivity contribution in [3.05, 3.63) is 41.5 Å². The van der Waals surface area contributed by atoms with Crippen LogP contribution < -0.4 is 4.74 Å². The molecule has 0 spiro atoms. The van der Waals surface area contributed by atoms with Crippen molar-refractivity contribution in [3.63, 3.8) is 0 Å². The van der Waals surface area contributed by atoms with Gasteiger partial charge in [0, 0.05) is 18.3 Å². The number of esters is 1. The quantitative estimate of drug-likeness (QED) is 0.100. The second kappa shape index (κ2) is 14.5. The first kappa shape index (κ1) is 29.1. The molecule has 3 nitrogen and oxygen atoms in total. The molecule has 0 radical (unpaired) electrons. The van der Waals surface area contributed by atoms with Crippen molar-refractivity contribution in [3.8, 4) is 5.75 Å². The molecule has 0 N–H and O–H groups in total. The minimum absolute atomic E-state index is 0.0710. The van der Waals surface area contributed by atoms with Gasteiger partial charge in [0.1, 0.15) is 11.5 Å². The molecule has 2 saturated carbocycles. The van der Waals surface area contributed by atoms with Gasteiger partial charge in [0.2, 0.25) is 0 Å². The van der Waals surface area contributed by atoms with Gasteiger partial charge in [-0.1, -0.05) is 77.0 Å². The van der Waals surface area contributed by atoms with Crippen molar-refractivity contribution < 1.29 is 14.3 Å². The molecule has 1 aromatic rings. The molecule has 4 rings (SSSR count). The Hall–Kier alpha value is -1.90. The third-order valence-corrected chi connectivity index (χ3v) is 10.0. The summed E-state index contributed by atoms with van der Waals surface area (Å²) in [6.07, 6.45) is 26.4. The molecular weight excluding hydrogens is 468 g/mol. The van der Waals surface area contributed by atoms with Crippen LogP contribution in [0.2, 0.25) is 0 Å². The summed E-state index contributed by atoms with van der Waals surface area (Å²) in [5, 5.41) is 0. The van der Waals surface area contributed by atoms with Crippen molar-refractivity contribution >= 4 is 11.8 Å². The highest BCUT2D eigenvalue weighted by molar-refractivity contribution is 5.87. The first-order valence-corrected chi connectivity index (χ1v) is 16.0. The van der Waals surface area contributed by atoms with Crippen molar-refractivity contribution in [2.24, 2.45) is 17.3 Å². The number of hydrogen-bond donors (Lipinski definition) is 0. The number of aryl methyl sites for hydroxylation is 1. The Bertz CT molecular complexity index is 946. The fraction of sp³-hybridized carbons (Fsp3) is 0.714. The van der Waals surface area contributed by atoms with E-state index in [9.17, 15) is 9.59 Å². The molecule has 0 amide bonds. The van der Waals surface area contributed by atoms with Crippen LogP contribution in [-0.4, -0.2) is 11.8 Å². The molecule has 0 saturated heterocycles. The summed E-state index contributed by atoms with van der Waals surface area (Å²) < 4.78 is 5.74. The molecule has 4 unspecified atom stereocenters. The second-order valence-electron chi connectivity index (χ2n) is 12.6. The number of allylic oxidation sites excluding steroid dienone is 2. The predicted octanol–water partition coefficient (Wildman–Crippen LogP) is 9.66. The summed E-state index contributed by atoms with van der Waals surface area (Å²) in [5.74, 6) is 2.88. The number of fused-ring (bicyclic) bond motifs is 5. The van der Waals surface area contributed by atoms with Crippen molar-refractivity contribution in [1.29, 1.82) is 0 Å². The van der Waals surface area contributed by atoms with Gasteiger partial charge in [-0.2, -0.15) is 0 Å². The van der Waals surface area contributed by atoms with E-state index < -0.39 is 0 Å². The van der Waals surface area contributed by atoms with Gasteiger partial charge < -0.3 is 4.74 Å². The van der Waals surface area contributed by atoms with Crippen LogP contribution in [0.3, 0.4) is 0 Å². The molecule has 38 heavy (non-hydrogen) atoms. The number of benzene rings is 1. The van der Waals surface area contributed by atoms with Crippen LogP contribution in [0.15, 0.2) is 30.4 Å². The maximum absolute atomic E-state index is 12.6. The average molecular weight is 521 g/mol. The van der Waals surface area contributed by atoms with Gasteiger partial charge in [0.05, 0.1) is 0 Å². The number of Topliss-reactive ketones (excluding diaryl/α,β-unsaturated/α-hetero) is 1. The van der Waals surface area contributed by atoms with Gasteiger partial charge in [-0.05, 0) is 105 Å². The normalized spacial score (nSPS) is 26.3. The van der Waals surface area contributed by atoms with Gasteiger partial charge in [-0.15, -0.1) is 0 Å². The van der Waals surface area contributed by atoms with Gasteiger partial charge in [-0.3, -0.25) is 9.59 Å². The Morgan fingerprint density at radius 2 is 1.63 bits per heavy atom. The molecular formula is C35H52O3. The maximum atomic E-state index is 12.6. The summed E-state index contributed by atoms with van der Waals surface area (Å²) in [5.41, 5.74) is 2.73. The van der Waals surface area contributed by atoms with Gasteiger partial charge in [-0.25, -0.2) is 0 Å². The number of ether oxygens (including phenoxy) is 1. The first-order chi connectivity index (χ1) is 18.5. The molecule has 210 valence electrons. The molecule has 3 aliphatic carbocycles. The summed E-state index contributed by atoms with van der Waals surface area (Å²) in [6.45, 7) is 4.50. The predicted molar refractivity (Wildman–Crippen MR) is 157 cm³/mol. The van der Waals surface area contributed by atoms with E-state index in [1.807, 2.05) is 6.07 Å². The van der Waals surface area contributed by atoms with E-state index >= 15 is 0 Å². The lowest BCUT2D eigenvalue weighted by atomic mass is 9.55. The van der Waals surface area contributed by atoms with Crippen LogP contribution in [0.4, 0.5) is 0 Å². The lowest BCUT2D eigenvalue weighted by Crippen LogP contribution is -2.42. The first-order valence-electron chi connectivity index (χ1n) is 16.0. The molecule has 0 heterocycles. The standard InChI is InChI=1S/C35H52O3/c1-3-4-5-6-7-8-9-10-11-12-13-14-15-16-17-34(37)38-28-19-21-29-27(26-28)18-20-31-30(29)24-25-35(2)32(31)22-23-33(35)36/h9-10,19,21,26,30-32H,3-8,11-18,20,22-25H2,1-2H3. The number of carbonyl (C=O) groups excluding carboxylic acids is 2. The third-order valence-electron chi connectivity index (χ3n) is 10.0. The molecule has 3 heteroatoms. The summed E-state index contributed by atoms with van der Waals surface area (Å²) >= 11 is 0. The van der Waals surface area contributed by atoms with E-state index in [2.05, 4.69) is 38.1 Å². The van der Waals surface area contributed by atoms with Crippen LogP contribution in [0, 0.1) is 17.3 Å². The highest BCUT2D eigenvalue weighted by atomic mass is 16.5. The third kappa shape index (κ3) is 7.39. The van der Waals surface area contributed by atoms with E-state index in [0.29, 0.717) is 35.7 Å². The number of ketones is 1. The van der Waals surface area contributed by atoms with Gasteiger partial charge in [0.15, 0.2) is 0 Å². The number of rotatable bonds is 15. The van der Waals surface area contributed by atoms with E-state index in [1.165, 1.54) is 75.3 Å². The Morgan fingerprint density at radius 1 is 0.921 bits per heavy atom. The molecule has 3 aliphatic rings. The molecule has 0 aliphatic heterocycles. The van der Waals surface area contributed by atoms with Crippen molar-refractivity contribution in [2.45, 2.75) is 142 Å². The van der Waals surface area contributed by atoms with E-state index in [1.54, 1.807) is 0 Å². The van der Waals surface area contributed by atoms with Crippen LogP contribution in [0.5, 0.6) is 5.75 Å². The SMILES string of the molecule is CCCCCCCC=CCCCCCCCC(=O)Oc1ccc2c(c1)CCC1C2CCC2(C)C(=O)CCC12. The summed E-state index contributed by atoms with van der Waals surface area (Å²) in [7, 11) is 0. The smallest absolute Gasteiger partial charge is 0.311 e. The van der Waals surface area contributed by atoms with Crippen LogP contribution >= 0.6 is 0 Å². The lowest BCUT2D eigenvalue weighted by molar-refractivity contribution is -0.134. The zero-order chi connectivity index (χ0) is 26.8. The molecule has 1 aromatic carbocycles. The zero-order valence-corrected chi connectivity index (χ0v) is 24.3. The summed E-state index contributed by atoms with van der Waals surface area (Å²) in [6, 6.07) is 6.34. The minimum atomic E-state index is -0.0987. The van der Waals surface area contributed by atoms with Crippen LogP contribution in [0.25, 0.3) is 0 Å². The van der Waals surface area contributed by atoms with E-state index in [-0.39, 0.29) is 11.4 Å². The molecule has 2 fully saturated rings. The Labute approximate surface area is 232 Å². The zero-order valence-electron chi connectivity index (χ0n) is 24.3. The highest BCUT2D eigenvalue weighted by Gasteiger charge is 2.54. The molecule has 4 atom stereocenters. The van der Waals surface area contributed by atoms with Gasteiger partial charge in [0.25, 0.3) is 0 Å². The molecule has 0 aromatic heterocycles. The lowest BCUT2D eigenvalue weighted by Gasteiger charge is -2.48. The fourth-order valence-electron chi connectivity index (χ4n) is 7.74. The van der Waals surface area contributed by atoms with Crippen LogP contribution in [0.1, 0.15) is 146 Å². The number of unbranched alkanes of at least 4 members (excludes halogenated alkanes) is 10. The second-order valence-corrected chi connectivity index (χ2v) is 12.6. The Morgan fingerprint density at radius 3 is 2.39 bits per heavy atom. The van der Waals surface area contributed by atoms with E-state index in [4.69, 9.17) is 4.74 Å². The van der Waals surface area contributed by atoms with Crippen molar-refractivity contribution in [1.82, 2.24) is 0 Å². The Kier molecular flexibility index (Phi) is 11.1. The topological polar surface area (TPSA) is 43.4 Å². The highest BCUT2D eigenvalue weighted by Crippen LogP contribution is 2.59. The van der Waals surface area contributed by atoms with Crippen molar-refractivity contribution in [2.75, 3.05) is 0 Å². The van der Waals surface area contributed by atoms with E-state index in [0.717, 1.165) is 51.4 Å². The fourth-order valence-corrected chi connectivity index (χ4v) is 7.74.